The molecule has 0 radical (unpaired) electrons. The van der Waals surface area contributed by atoms with Crippen molar-refractivity contribution >= 4 is 37.3 Å². The zero-order valence-electron chi connectivity index (χ0n) is 11.7. The highest BCUT2D eigenvalue weighted by atomic mass is 32.2. The highest BCUT2D eigenvalue weighted by molar-refractivity contribution is 7.90. The number of rotatable bonds is 3. The fraction of sp³-hybridized carbons (Fsp3) is 0.583. The largest absolute Gasteiger partial charge is 0.348 e. The second-order valence-electron chi connectivity index (χ2n) is 5.33. The van der Waals surface area contributed by atoms with Crippen molar-refractivity contribution in [3.8, 4) is 0 Å². The molecule has 2 aromatic rings. The van der Waals surface area contributed by atoms with Crippen molar-refractivity contribution in [2.24, 2.45) is 0 Å². The van der Waals surface area contributed by atoms with E-state index in [0.29, 0.717) is 17.2 Å². The summed E-state index contributed by atoms with van der Waals surface area (Å²) < 4.78 is 36.9. The lowest BCUT2D eigenvalue weighted by molar-refractivity contribution is 0.358. The van der Waals surface area contributed by atoms with Gasteiger partial charge in [-0.15, -0.1) is 11.3 Å². The summed E-state index contributed by atoms with van der Waals surface area (Å²) in [6, 6.07) is -0.408. The number of hydrogen-bond acceptors (Lipinski definition) is 7. The van der Waals surface area contributed by atoms with Crippen molar-refractivity contribution in [2.45, 2.75) is 25.6 Å². The molecule has 21 heavy (non-hydrogen) atoms. The first kappa shape index (κ1) is 14.6. The van der Waals surface area contributed by atoms with Gasteiger partial charge in [0.25, 0.3) is 0 Å². The van der Waals surface area contributed by atoms with Gasteiger partial charge < -0.3 is 4.90 Å². The molecule has 9 heteroatoms. The molecule has 3 heterocycles. The lowest BCUT2D eigenvalue weighted by Gasteiger charge is -2.25. The lowest BCUT2D eigenvalue weighted by Crippen LogP contribution is -2.35. The van der Waals surface area contributed by atoms with Gasteiger partial charge in [-0.2, -0.15) is 0 Å². The number of nitrogens with zero attached hydrogens (tertiary/aromatic N) is 4. The zero-order chi connectivity index (χ0) is 15.2. The van der Waals surface area contributed by atoms with Crippen LogP contribution in [0.3, 0.4) is 0 Å². The quantitative estimate of drug-likeness (QED) is 0.846. The molecule has 1 aliphatic rings. The van der Waals surface area contributed by atoms with E-state index >= 15 is 0 Å². The smallest absolute Gasteiger partial charge is 0.160 e. The van der Waals surface area contributed by atoms with Gasteiger partial charge in [0.15, 0.2) is 5.82 Å². The molecule has 2 aromatic heterocycles. The average molecular weight is 330 g/mol. The number of aromatic nitrogens is 3. The molecule has 0 spiro atoms. The Morgan fingerprint density at radius 1 is 1.48 bits per heavy atom. The van der Waals surface area contributed by atoms with E-state index in [1.165, 1.54) is 17.6 Å². The van der Waals surface area contributed by atoms with Crippen molar-refractivity contribution in [2.75, 3.05) is 23.5 Å². The van der Waals surface area contributed by atoms with Crippen molar-refractivity contribution in [1.82, 2.24) is 15.0 Å². The Labute approximate surface area is 126 Å². The molecule has 1 fully saturated rings. The summed E-state index contributed by atoms with van der Waals surface area (Å²) in [4.78, 5) is 15.4. The molecule has 3 rings (SSSR count). The number of anilines is 1. The minimum absolute atomic E-state index is 0.0812. The fourth-order valence-electron chi connectivity index (χ4n) is 2.68. The molecule has 1 aliphatic heterocycles. The maximum absolute atomic E-state index is 13.8. The number of thiazole rings is 1. The van der Waals surface area contributed by atoms with Crippen LogP contribution in [0.25, 0.3) is 10.3 Å². The van der Waals surface area contributed by atoms with Crippen LogP contribution in [0, 0.1) is 6.92 Å². The van der Waals surface area contributed by atoms with Gasteiger partial charge in [0.1, 0.15) is 32.2 Å². The first-order valence-corrected chi connectivity index (χ1v) is 9.44. The fourth-order valence-corrected chi connectivity index (χ4v) is 4.39. The zero-order valence-corrected chi connectivity index (χ0v) is 13.3. The van der Waals surface area contributed by atoms with Gasteiger partial charge in [-0.25, -0.2) is 27.8 Å². The van der Waals surface area contributed by atoms with Gasteiger partial charge in [-0.3, -0.25) is 0 Å². The topological polar surface area (TPSA) is 76.1 Å². The standard InChI is InChI=1S/C12H15FN4O2S2/c1-7-15-11(10-12(16-7)20-6-14-10)17-4-8(13)3-9(17)5-21(2,18)19/h6,8-9H,3-5H2,1-2H3/t8-,9-/m0/s1. The Balaban J connectivity index is 2.05. The molecule has 0 bridgehead atoms. The van der Waals surface area contributed by atoms with Gasteiger partial charge in [0, 0.05) is 18.7 Å². The highest BCUT2D eigenvalue weighted by Gasteiger charge is 2.36. The lowest BCUT2D eigenvalue weighted by atomic mass is 10.2. The summed E-state index contributed by atoms with van der Waals surface area (Å²) in [5.41, 5.74) is 2.27. The number of aryl methyl sites for hydroxylation is 1. The molecular weight excluding hydrogens is 315 g/mol. The van der Waals surface area contributed by atoms with Crippen molar-refractivity contribution in [3.05, 3.63) is 11.3 Å². The third-order valence-electron chi connectivity index (χ3n) is 3.42. The number of alkyl halides is 1. The van der Waals surface area contributed by atoms with Crippen molar-refractivity contribution in [3.63, 3.8) is 0 Å². The van der Waals surface area contributed by atoms with Gasteiger partial charge in [-0.1, -0.05) is 0 Å². The summed E-state index contributed by atoms with van der Waals surface area (Å²) in [5, 5.41) is 0. The Bertz CT molecular complexity index is 777. The van der Waals surface area contributed by atoms with Gasteiger partial charge in [0.2, 0.25) is 0 Å². The Morgan fingerprint density at radius 2 is 2.24 bits per heavy atom. The van der Waals surface area contributed by atoms with Crippen LogP contribution in [0.5, 0.6) is 0 Å². The van der Waals surface area contributed by atoms with E-state index in [1.807, 2.05) is 0 Å². The predicted octanol–water partition coefficient (Wildman–Crippen LogP) is 1.36. The molecule has 0 saturated carbocycles. The van der Waals surface area contributed by atoms with E-state index in [1.54, 1.807) is 17.3 Å². The first-order chi connectivity index (χ1) is 9.83. The molecule has 2 atom stereocenters. The number of hydrogen-bond donors (Lipinski definition) is 0. The monoisotopic (exact) mass is 330 g/mol. The van der Waals surface area contributed by atoms with Crippen LogP contribution in [0.1, 0.15) is 12.2 Å². The number of sulfone groups is 1. The normalized spacial score (nSPS) is 23.1. The van der Waals surface area contributed by atoms with Crippen LogP contribution in [-0.4, -0.2) is 54.1 Å². The molecule has 0 amide bonds. The predicted molar refractivity (Wildman–Crippen MR) is 80.3 cm³/mol. The second kappa shape index (κ2) is 5.13. The summed E-state index contributed by atoms with van der Waals surface area (Å²) in [7, 11) is -3.19. The van der Waals surface area contributed by atoms with E-state index in [9.17, 15) is 12.8 Å². The number of halogens is 1. The van der Waals surface area contributed by atoms with E-state index in [-0.39, 0.29) is 18.7 Å². The molecule has 1 saturated heterocycles. The van der Waals surface area contributed by atoms with Crippen LogP contribution < -0.4 is 4.90 Å². The molecule has 0 N–H and O–H groups in total. The minimum Gasteiger partial charge on any atom is -0.348 e. The number of fused-ring (bicyclic) bond motifs is 1. The van der Waals surface area contributed by atoms with E-state index in [0.717, 1.165) is 4.83 Å². The van der Waals surface area contributed by atoms with Crippen LogP contribution in [0.2, 0.25) is 0 Å². The van der Waals surface area contributed by atoms with Crippen LogP contribution >= 0.6 is 11.3 Å². The summed E-state index contributed by atoms with van der Waals surface area (Å²) in [6.07, 6.45) is 0.308. The summed E-state index contributed by atoms with van der Waals surface area (Å²) in [6.45, 7) is 1.90. The Hall–Kier alpha value is -1.35. The Morgan fingerprint density at radius 3 is 2.95 bits per heavy atom. The average Bonchev–Trinajstić information content (AvgIpc) is 2.92. The molecular formula is C12H15FN4O2S2. The summed E-state index contributed by atoms with van der Waals surface area (Å²) in [5.74, 6) is 1.02. The van der Waals surface area contributed by atoms with E-state index in [2.05, 4.69) is 15.0 Å². The van der Waals surface area contributed by atoms with Crippen LogP contribution in [0.4, 0.5) is 10.2 Å². The van der Waals surface area contributed by atoms with Crippen molar-refractivity contribution < 1.29 is 12.8 Å². The van der Waals surface area contributed by atoms with E-state index < -0.39 is 22.1 Å². The van der Waals surface area contributed by atoms with Crippen LogP contribution in [-0.2, 0) is 9.84 Å². The van der Waals surface area contributed by atoms with Crippen LogP contribution in [0.15, 0.2) is 5.51 Å². The minimum atomic E-state index is -3.19. The third kappa shape index (κ3) is 2.98. The maximum atomic E-state index is 13.8. The van der Waals surface area contributed by atoms with Gasteiger partial charge in [0.05, 0.1) is 17.8 Å². The third-order valence-corrected chi connectivity index (χ3v) is 5.13. The SMILES string of the molecule is Cc1nc(N2C[C@@H](F)C[C@H]2CS(C)(=O)=O)c2ncsc2n1. The molecule has 0 unspecified atom stereocenters. The van der Waals surface area contributed by atoms with E-state index in [4.69, 9.17) is 0 Å². The van der Waals surface area contributed by atoms with Gasteiger partial charge >= 0.3 is 0 Å². The second-order valence-corrected chi connectivity index (χ2v) is 8.35. The molecule has 0 aromatic carbocycles. The highest BCUT2D eigenvalue weighted by Crippen LogP contribution is 2.32. The molecule has 6 nitrogen and oxygen atoms in total. The van der Waals surface area contributed by atoms with Gasteiger partial charge in [-0.05, 0) is 6.92 Å². The maximum Gasteiger partial charge on any atom is 0.160 e. The first-order valence-electron chi connectivity index (χ1n) is 6.50. The summed E-state index contributed by atoms with van der Waals surface area (Å²) >= 11 is 1.39. The van der Waals surface area contributed by atoms with Crippen molar-refractivity contribution in [1.29, 1.82) is 0 Å². The molecule has 114 valence electrons. The molecule has 0 aliphatic carbocycles. The Kier molecular flexibility index (Phi) is 3.56.